The Balaban J connectivity index is 1.54. The number of carbonyl (C=O) groups excluding carboxylic acids is 1. The van der Waals surface area contributed by atoms with Gasteiger partial charge in [-0.05, 0) is 38.3 Å². The summed E-state index contributed by atoms with van der Waals surface area (Å²) in [5.41, 5.74) is 2.00. The summed E-state index contributed by atoms with van der Waals surface area (Å²) < 4.78 is 5.29. The number of hydrogen-bond acceptors (Lipinski definition) is 4. The molecule has 3 rings (SSSR count). The average molecular weight is 330 g/mol. The Labute approximate surface area is 142 Å². The topological polar surface area (TPSA) is 70.2 Å². The quantitative estimate of drug-likeness (QED) is 0.765. The molecule has 1 aliphatic rings. The highest BCUT2D eigenvalue weighted by molar-refractivity contribution is 5.80. The van der Waals surface area contributed by atoms with Crippen LogP contribution in [0.25, 0.3) is 11.0 Å². The zero-order valence-electron chi connectivity index (χ0n) is 14.3. The molecule has 1 aliphatic heterocycles. The molecule has 0 spiro atoms. The van der Waals surface area contributed by atoms with Gasteiger partial charge in [0.05, 0.1) is 17.0 Å². The number of anilines is 1. The molecule has 2 aromatic rings. The van der Waals surface area contributed by atoms with E-state index in [9.17, 15) is 4.79 Å². The molecule has 2 heterocycles. The molecule has 1 saturated heterocycles. The first kappa shape index (κ1) is 16.8. The van der Waals surface area contributed by atoms with Crippen LogP contribution in [0.2, 0.25) is 0 Å². The smallest absolute Gasteiger partial charge is 0.224 e. The molecular weight excluding hydrogens is 304 g/mol. The van der Waals surface area contributed by atoms with Gasteiger partial charge in [0.15, 0.2) is 0 Å². The maximum atomic E-state index is 12.4. The highest BCUT2D eigenvalue weighted by Crippen LogP contribution is 2.23. The number of amides is 1. The zero-order valence-corrected chi connectivity index (χ0v) is 14.3. The van der Waals surface area contributed by atoms with Crippen molar-refractivity contribution in [1.82, 2.24) is 15.3 Å². The van der Waals surface area contributed by atoms with Crippen molar-refractivity contribution in [3.05, 3.63) is 24.3 Å². The number of rotatable bonds is 7. The zero-order chi connectivity index (χ0) is 16.8. The maximum Gasteiger partial charge on any atom is 0.224 e. The standard InChI is InChI=1S/C18H26N4O2/c1-2-24-12-6-10-19-17(23)14-7-5-11-22(13-14)18-20-15-8-3-4-9-16(15)21-18/h3-4,8-9,14H,2,5-7,10-13H2,1H3,(H,19,23)(H,20,21). The minimum atomic E-state index is 0.0269. The van der Waals surface area contributed by atoms with Gasteiger partial charge in [0.25, 0.3) is 0 Å². The third-order valence-corrected chi connectivity index (χ3v) is 4.44. The van der Waals surface area contributed by atoms with Gasteiger partial charge in [0.2, 0.25) is 11.9 Å². The molecule has 6 heteroatoms. The number of aromatic amines is 1. The number of imidazole rings is 1. The van der Waals surface area contributed by atoms with Gasteiger partial charge in [-0.15, -0.1) is 0 Å². The Kier molecular flexibility index (Phi) is 5.69. The molecule has 0 radical (unpaired) electrons. The third kappa shape index (κ3) is 4.06. The van der Waals surface area contributed by atoms with Crippen LogP contribution in [0, 0.1) is 5.92 Å². The van der Waals surface area contributed by atoms with Crippen molar-refractivity contribution in [2.75, 3.05) is 37.7 Å². The molecule has 0 aliphatic carbocycles. The Morgan fingerprint density at radius 2 is 2.33 bits per heavy atom. The van der Waals surface area contributed by atoms with Gasteiger partial charge < -0.3 is 19.9 Å². The highest BCUT2D eigenvalue weighted by Gasteiger charge is 2.27. The first-order valence-electron chi connectivity index (χ1n) is 8.83. The van der Waals surface area contributed by atoms with Crippen molar-refractivity contribution in [2.45, 2.75) is 26.2 Å². The number of benzene rings is 1. The molecule has 1 aromatic carbocycles. The summed E-state index contributed by atoms with van der Waals surface area (Å²) in [6.07, 6.45) is 2.81. The van der Waals surface area contributed by atoms with Gasteiger partial charge in [0, 0.05) is 32.8 Å². The first-order chi connectivity index (χ1) is 11.8. The molecule has 1 atom stereocenters. The molecule has 0 bridgehead atoms. The van der Waals surface area contributed by atoms with Gasteiger partial charge in [-0.3, -0.25) is 4.79 Å². The van der Waals surface area contributed by atoms with E-state index in [1.165, 1.54) is 0 Å². The Morgan fingerprint density at radius 1 is 1.46 bits per heavy atom. The lowest BCUT2D eigenvalue weighted by molar-refractivity contribution is -0.125. The molecule has 1 fully saturated rings. The van der Waals surface area contributed by atoms with E-state index in [2.05, 4.69) is 20.2 Å². The summed E-state index contributed by atoms with van der Waals surface area (Å²) in [5.74, 6) is 1.04. The average Bonchev–Trinajstić information content (AvgIpc) is 3.06. The summed E-state index contributed by atoms with van der Waals surface area (Å²) in [5, 5.41) is 3.03. The fourth-order valence-corrected chi connectivity index (χ4v) is 3.15. The molecule has 1 aromatic heterocycles. The van der Waals surface area contributed by atoms with E-state index in [1.54, 1.807) is 0 Å². The SMILES string of the molecule is CCOCCCNC(=O)C1CCCN(c2nc3ccccc3[nH]2)C1. The third-order valence-electron chi connectivity index (χ3n) is 4.44. The van der Waals surface area contributed by atoms with Crippen LogP contribution in [0.5, 0.6) is 0 Å². The van der Waals surface area contributed by atoms with E-state index in [1.807, 2.05) is 31.2 Å². The van der Waals surface area contributed by atoms with Gasteiger partial charge in [-0.1, -0.05) is 12.1 Å². The van der Waals surface area contributed by atoms with Crippen LogP contribution < -0.4 is 10.2 Å². The first-order valence-corrected chi connectivity index (χ1v) is 8.83. The molecule has 1 unspecified atom stereocenters. The van der Waals surface area contributed by atoms with E-state index in [0.29, 0.717) is 13.2 Å². The van der Waals surface area contributed by atoms with E-state index >= 15 is 0 Å². The number of piperidine rings is 1. The van der Waals surface area contributed by atoms with Crippen LogP contribution in [0.3, 0.4) is 0 Å². The van der Waals surface area contributed by atoms with E-state index in [0.717, 1.165) is 55.9 Å². The largest absolute Gasteiger partial charge is 0.382 e. The molecule has 1 amide bonds. The predicted octanol–water partition coefficient (Wildman–Crippen LogP) is 2.32. The molecule has 2 N–H and O–H groups in total. The monoisotopic (exact) mass is 330 g/mol. The lowest BCUT2D eigenvalue weighted by atomic mass is 9.97. The van der Waals surface area contributed by atoms with Crippen molar-refractivity contribution in [3.63, 3.8) is 0 Å². The Bertz CT molecular complexity index is 637. The van der Waals surface area contributed by atoms with Crippen molar-refractivity contribution < 1.29 is 9.53 Å². The Hall–Kier alpha value is -2.08. The van der Waals surface area contributed by atoms with Crippen LogP contribution in [-0.2, 0) is 9.53 Å². The number of H-pyrrole nitrogens is 1. The van der Waals surface area contributed by atoms with E-state index in [-0.39, 0.29) is 11.8 Å². The number of ether oxygens (including phenoxy) is 1. The number of para-hydroxylation sites is 2. The summed E-state index contributed by atoms with van der Waals surface area (Å²) in [6, 6.07) is 8.01. The minimum Gasteiger partial charge on any atom is -0.382 e. The van der Waals surface area contributed by atoms with Crippen molar-refractivity contribution in [1.29, 1.82) is 0 Å². The Morgan fingerprint density at radius 3 is 3.17 bits per heavy atom. The maximum absolute atomic E-state index is 12.4. The van der Waals surface area contributed by atoms with Crippen LogP contribution in [0.4, 0.5) is 5.95 Å². The molecule has 24 heavy (non-hydrogen) atoms. The van der Waals surface area contributed by atoms with E-state index < -0.39 is 0 Å². The summed E-state index contributed by atoms with van der Waals surface area (Å²) in [4.78, 5) is 22.6. The van der Waals surface area contributed by atoms with Gasteiger partial charge >= 0.3 is 0 Å². The van der Waals surface area contributed by atoms with Gasteiger partial charge in [0.1, 0.15) is 0 Å². The fourth-order valence-electron chi connectivity index (χ4n) is 3.15. The lowest BCUT2D eigenvalue weighted by Gasteiger charge is -2.31. The molecule has 6 nitrogen and oxygen atoms in total. The summed E-state index contributed by atoms with van der Waals surface area (Å²) >= 11 is 0. The lowest BCUT2D eigenvalue weighted by Crippen LogP contribution is -2.43. The molecule has 0 saturated carbocycles. The van der Waals surface area contributed by atoms with Crippen molar-refractivity contribution in [2.24, 2.45) is 5.92 Å². The van der Waals surface area contributed by atoms with Gasteiger partial charge in [-0.25, -0.2) is 4.98 Å². The molecular formula is C18H26N4O2. The number of nitrogens with zero attached hydrogens (tertiary/aromatic N) is 2. The fraction of sp³-hybridized carbons (Fsp3) is 0.556. The van der Waals surface area contributed by atoms with Crippen LogP contribution in [0.1, 0.15) is 26.2 Å². The number of nitrogens with one attached hydrogen (secondary N) is 2. The number of aromatic nitrogens is 2. The number of carbonyl (C=O) groups is 1. The van der Waals surface area contributed by atoms with Gasteiger partial charge in [-0.2, -0.15) is 0 Å². The highest BCUT2D eigenvalue weighted by atomic mass is 16.5. The second-order valence-electron chi connectivity index (χ2n) is 6.20. The van der Waals surface area contributed by atoms with Crippen LogP contribution >= 0.6 is 0 Å². The minimum absolute atomic E-state index is 0.0269. The van der Waals surface area contributed by atoms with Crippen LogP contribution in [0.15, 0.2) is 24.3 Å². The van der Waals surface area contributed by atoms with Crippen molar-refractivity contribution in [3.8, 4) is 0 Å². The van der Waals surface area contributed by atoms with Crippen molar-refractivity contribution >= 4 is 22.9 Å². The van der Waals surface area contributed by atoms with Crippen LogP contribution in [-0.4, -0.2) is 48.7 Å². The molecule has 130 valence electrons. The number of fused-ring (bicyclic) bond motifs is 1. The van der Waals surface area contributed by atoms with E-state index in [4.69, 9.17) is 4.74 Å². The second-order valence-corrected chi connectivity index (χ2v) is 6.20. The number of hydrogen-bond donors (Lipinski definition) is 2. The summed E-state index contributed by atoms with van der Waals surface area (Å²) in [7, 11) is 0. The normalized spacial score (nSPS) is 18.0. The summed E-state index contributed by atoms with van der Waals surface area (Å²) in [6.45, 7) is 5.74. The second kappa shape index (κ2) is 8.15. The predicted molar refractivity (Wildman–Crippen MR) is 95.2 cm³/mol.